The molecule has 486 valence electrons. The fourth-order valence-corrected chi connectivity index (χ4v) is 12.7. The van der Waals surface area contributed by atoms with E-state index in [1.807, 2.05) is 0 Å². The standard InChI is InChI=1S/C75H151NO5/c1-3-5-7-9-11-13-15-17-19-21-23-25-27-29-31-33-35-36-37-39-41-43-45-47-49-51-53-55-57-59-61-63-65-67-69-73(79)75(81)76-71(70-77)74(80)72(78)68-66-64-62-60-58-56-54-52-50-48-46-44-42-40-38-34-32-30-28-26-24-22-20-18-16-14-12-10-8-6-4-2/h71-74,77-80H,3-70H2,1-2H3,(H,76,81). The van der Waals surface area contributed by atoms with E-state index in [1.54, 1.807) is 0 Å². The first-order chi connectivity index (χ1) is 40.0. The molecule has 0 saturated carbocycles. The van der Waals surface area contributed by atoms with E-state index in [2.05, 4.69) is 19.2 Å². The van der Waals surface area contributed by atoms with Gasteiger partial charge in [-0.25, -0.2) is 0 Å². The zero-order chi connectivity index (χ0) is 58.7. The van der Waals surface area contributed by atoms with Crippen LogP contribution in [0, 0.1) is 0 Å². The summed E-state index contributed by atoms with van der Waals surface area (Å²) in [5, 5.41) is 44.3. The zero-order valence-corrected chi connectivity index (χ0v) is 55.6. The molecule has 0 aromatic heterocycles. The number of aliphatic hydroxyl groups is 4. The minimum Gasteiger partial charge on any atom is -0.394 e. The summed E-state index contributed by atoms with van der Waals surface area (Å²) in [4.78, 5) is 12.7. The fraction of sp³-hybridized carbons (Fsp3) is 0.987. The molecule has 0 aliphatic heterocycles. The molecule has 0 spiro atoms. The zero-order valence-electron chi connectivity index (χ0n) is 55.6. The monoisotopic (exact) mass is 1150 g/mol. The molecule has 0 aliphatic carbocycles. The second-order valence-corrected chi connectivity index (χ2v) is 26.7. The highest BCUT2D eigenvalue weighted by Gasteiger charge is 2.29. The lowest BCUT2D eigenvalue weighted by Crippen LogP contribution is -2.53. The molecule has 81 heavy (non-hydrogen) atoms. The minimum absolute atomic E-state index is 0.377. The van der Waals surface area contributed by atoms with Gasteiger partial charge < -0.3 is 25.7 Å². The molecular formula is C75H151NO5. The Bertz CT molecular complexity index is 1150. The second kappa shape index (κ2) is 70.1. The molecule has 0 saturated heterocycles. The number of aliphatic hydroxyl groups excluding tert-OH is 4. The van der Waals surface area contributed by atoms with Crippen molar-refractivity contribution in [3.05, 3.63) is 0 Å². The highest BCUT2D eigenvalue weighted by atomic mass is 16.3. The third-order valence-electron chi connectivity index (χ3n) is 18.6. The Morgan fingerprint density at radius 1 is 0.259 bits per heavy atom. The van der Waals surface area contributed by atoms with Gasteiger partial charge in [-0.2, -0.15) is 0 Å². The van der Waals surface area contributed by atoms with Gasteiger partial charge in [-0.15, -0.1) is 0 Å². The highest BCUT2D eigenvalue weighted by molar-refractivity contribution is 5.80. The van der Waals surface area contributed by atoms with Gasteiger partial charge in [0.05, 0.1) is 18.8 Å². The average molecular weight is 1150 g/mol. The minimum atomic E-state index is -1.26. The summed E-state index contributed by atoms with van der Waals surface area (Å²) in [6, 6.07) is -0.983. The van der Waals surface area contributed by atoms with E-state index in [4.69, 9.17) is 0 Å². The number of hydrogen-bond acceptors (Lipinski definition) is 5. The van der Waals surface area contributed by atoms with Crippen LogP contribution in [0.15, 0.2) is 0 Å². The fourth-order valence-electron chi connectivity index (χ4n) is 12.7. The lowest BCUT2D eigenvalue weighted by atomic mass is 9.99. The van der Waals surface area contributed by atoms with Crippen LogP contribution in [0.2, 0.25) is 0 Å². The Kier molecular flexibility index (Phi) is 69.5. The van der Waals surface area contributed by atoms with E-state index in [9.17, 15) is 25.2 Å². The topological polar surface area (TPSA) is 110 Å². The first kappa shape index (κ1) is 80.3. The van der Waals surface area contributed by atoms with Crippen molar-refractivity contribution in [2.75, 3.05) is 6.61 Å². The molecular weight excluding hydrogens is 995 g/mol. The van der Waals surface area contributed by atoms with Gasteiger partial charge in [-0.3, -0.25) is 4.79 Å². The van der Waals surface area contributed by atoms with Gasteiger partial charge in [-0.1, -0.05) is 431 Å². The molecule has 0 radical (unpaired) electrons. The predicted molar refractivity (Wildman–Crippen MR) is 358 cm³/mol. The summed E-state index contributed by atoms with van der Waals surface area (Å²) in [5.74, 6) is -0.572. The Labute approximate surface area is 509 Å². The van der Waals surface area contributed by atoms with Gasteiger partial charge in [0, 0.05) is 0 Å². The predicted octanol–water partition coefficient (Wildman–Crippen LogP) is 23.7. The Hall–Kier alpha value is -0.690. The Balaban J connectivity index is 3.48. The molecule has 0 aromatic rings. The van der Waals surface area contributed by atoms with E-state index in [-0.39, 0.29) is 0 Å². The SMILES string of the molecule is CCCCCCCCCCCCCCCCCCCCCCCCCCCCCCCCCCCCC(O)C(=O)NC(CO)C(O)C(O)CCCCCCCCCCCCCCCCCCCCCCCCCCCCCCCCC. The summed E-state index contributed by atoms with van der Waals surface area (Å²) in [5.41, 5.74) is 0. The Morgan fingerprint density at radius 3 is 0.593 bits per heavy atom. The quantitative estimate of drug-likeness (QED) is 0.0390. The van der Waals surface area contributed by atoms with Crippen molar-refractivity contribution < 1.29 is 25.2 Å². The number of amides is 1. The van der Waals surface area contributed by atoms with Crippen LogP contribution in [-0.2, 0) is 4.79 Å². The third kappa shape index (κ3) is 63.6. The summed E-state index contributed by atoms with van der Waals surface area (Å²) in [6.07, 6.45) is 86.9. The van der Waals surface area contributed by atoms with E-state index >= 15 is 0 Å². The molecule has 0 heterocycles. The molecule has 0 aliphatic rings. The van der Waals surface area contributed by atoms with Gasteiger partial charge in [0.15, 0.2) is 0 Å². The van der Waals surface area contributed by atoms with Crippen LogP contribution in [0.25, 0.3) is 0 Å². The maximum Gasteiger partial charge on any atom is 0.249 e. The van der Waals surface area contributed by atoms with Crippen LogP contribution in [0.5, 0.6) is 0 Å². The third-order valence-corrected chi connectivity index (χ3v) is 18.6. The second-order valence-electron chi connectivity index (χ2n) is 26.7. The molecule has 0 rings (SSSR count). The van der Waals surface area contributed by atoms with E-state index in [1.165, 1.54) is 379 Å². The molecule has 6 nitrogen and oxygen atoms in total. The van der Waals surface area contributed by atoms with Crippen molar-refractivity contribution in [3.8, 4) is 0 Å². The Morgan fingerprint density at radius 2 is 0.420 bits per heavy atom. The van der Waals surface area contributed by atoms with Crippen molar-refractivity contribution in [2.24, 2.45) is 0 Å². The summed E-state index contributed by atoms with van der Waals surface area (Å²) >= 11 is 0. The molecule has 0 bridgehead atoms. The van der Waals surface area contributed by atoms with E-state index < -0.39 is 36.9 Å². The first-order valence-corrected chi connectivity index (χ1v) is 37.9. The normalized spacial score (nSPS) is 13.3. The lowest BCUT2D eigenvalue weighted by molar-refractivity contribution is -0.132. The van der Waals surface area contributed by atoms with Crippen LogP contribution in [0.1, 0.15) is 444 Å². The van der Waals surface area contributed by atoms with Gasteiger partial charge in [0.1, 0.15) is 12.2 Å². The van der Waals surface area contributed by atoms with Gasteiger partial charge in [0.2, 0.25) is 5.91 Å². The van der Waals surface area contributed by atoms with Gasteiger partial charge in [-0.05, 0) is 12.8 Å². The first-order valence-electron chi connectivity index (χ1n) is 37.9. The van der Waals surface area contributed by atoms with E-state index in [0.29, 0.717) is 12.8 Å². The van der Waals surface area contributed by atoms with E-state index in [0.717, 1.165) is 38.5 Å². The largest absolute Gasteiger partial charge is 0.394 e. The van der Waals surface area contributed by atoms with Crippen molar-refractivity contribution >= 4 is 5.91 Å². The maximum atomic E-state index is 12.7. The van der Waals surface area contributed by atoms with Crippen LogP contribution in [0.3, 0.4) is 0 Å². The number of nitrogens with one attached hydrogen (secondary N) is 1. The van der Waals surface area contributed by atoms with Gasteiger partial charge in [0.25, 0.3) is 0 Å². The number of hydrogen-bond donors (Lipinski definition) is 5. The van der Waals surface area contributed by atoms with Crippen molar-refractivity contribution in [1.29, 1.82) is 0 Å². The smallest absolute Gasteiger partial charge is 0.249 e. The van der Waals surface area contributed by atoms with Crippen LogP contribution < -0.4 is 5.32 Å². The number of carbonyl (C=O) groups excluding carboxylic acids is 1. The van der Waals surface area contributed by atoms with Crippen LogP contribution >= 0.6 is 0 Å². The maximum absolute atomic E-state index is 12.7. The molecule has 5 N–H and O–H groups in total. The highest BCUT2D eigenvalue weighted by Crippen LogP contribution is 2.21. The number of unbranched alkanes of at least 4 members (excludes halogenated alkanes) is 63. The van der Waals surface area contributed by atoms with Crippen LogP contribution in [0.4, 0.5) is 0 Å². The molecule has 1 amide bonds. The average Bonchev–Trinajstić information content (AvgIpc) is 3.47. The molecule has 4 atom stereocenters. The summed E-state index contributed by atoms with van der Waals surface area (Å²) in [6.45, 7) is 4.13. The van der Waals surface area contributed by atoms with Crippen molar-refractivity contribution in [3.63, 3.8) is 0 Å². The number of rotatable bonds is 72. The molecule has 0 fully saturated rings. The molecule has 4 unspecified atom stereocenters. The molecule has 6 heteroatoms. The van der Waals surface area contributed by atoms with Crippen LogP contribution in [-0.4, -0.2) is 57.3 Å². The van der Waals surface area contributed by atoms with Crippen molar-refractivity contribution in [2.45, 2.75) is 468 Å². The van der Waals surface area contributed by atoms with Crippen molar-refractivity contribution in [1.82, 2.24) is 5.32 Å². The number of carbonyl (C=O) groups is 1. The van der Waals surface area contributed by atoms with Gasteiger partial charge >= 0.3 is 0 Å². The summed E-state index contributed by atoms with van der Waals surface area (Å²) < 4.78 is 0. The lowest BCUT2D eigenvalue weighted by Gasteiger charge is -2.27. The summed E-state index contributed by atoms with van der Waals surface area (Å²) in [7, 11) is 0. The molecule has 0 aromatic carbocycles.